The molecule has 12 heavy (non-hydrogen) atoms. The van der Waals surface area contributed by atoms with Crippen molar-refractivity contribution in [2.24, 2.45) is 11.3 Å². The number of hydrogen-bond donors (Lipinski definition) is 1. The maximum absolute atomic E-state index is 10.8. The van der Waals surface area contributed by atoms with Crippen molar-refractivity contribution in [2.45, 2.75) is 34.1 Å². The third kappa shape index (κ3) is 2.32. The number of ketones is 1. The van der Waals surface area contributed by atoms with Crippen molar-refractivity contribution in [3.63, 3.8) is 0 Å². The molecule has 1 unspecified atom stereocenters. The van der Waals surface area contributed by atoms with Gasteiger partial charge >= 0.3 is 5.97 Å². The van der Waals surface area contributed by atoms with Gasteiger partial charge in [0, 0.05) is 6.42 Å². The zero-order chi connectivity index (χ0) is 9.94. The van der Waals surface area contributed by atoms with Gasteiger partial charge in [-0.25, -0.2) is 0 Å². The second-order valence-corrected chi connectivity index (χ2v) is 3.76. The fraction of sp³-hybridized carbons (Fsp3) is 0.778. The predicted molar refractivity (Wildman–Crippen MR) is 45.9 cm³/mol. The summed E-state index contributed by atoms with van der Waals surface area (Å²) < 4.78 is 0. The summed E-state index contributed by atoms with van der Waals surface area (Å²) in [5, 5.41) is 8.90. The van der Waals surface area contributed by atoms with E-state index in [1.807, 2.05) is 13.8 Å². The van der Waals surface area contributed by atoms with E-state index in [1.165, 1.54) is 6.92 Å². The summed E-state index contributed by atoms with van der Waals surface area (Å²) in [6.45, 7) is 6.67. The third-order valence-corrected chi connectivity index (χ3v) is 2.38. The molecule has 0 aliphatic heterocycles. The van der Waals surface area contributed by atoms with Gasteiger partial charge in [-0.2, -0.15) is 0 Å². The Morgan fingerprint density at radius 3 is 1.92 bits per heavy atom. The van der Waals surface area contributed by atoms with Gasteiger partial charge in [0.25, 0.3) is 0 Å². The van der Waals surface area contributed by atoms with Crippen LogP contribution in [0, 0.1) is 11.3 Å². The number of carboxylic acids is 1. The minimum atomic E-state index is -0.911. The topological polar surface area (TPSA) is 54.4 Å². The Labute approximate surface area is 72.8 Å². The number of aliphatic carboxylic acids is 1. The molecule has 0 rings (SSSR count). The predicted octanol–water partition coefficient (Wildman–Crippen LogP) is 1.71. The van der Waals surface area contributed by atoms with E-state index in [2.05, 4.69) is 0 Å². The zero-order valence-electron chi connectivity index (χ0n) is 8.05. The standard InChI is InChI=1S/C9H16O3/c1-6(2)9(4,8(11)12)5-7(3)10/h6H,5H2,1-4H3,(H,11,12). The van der Waals surface area contributed by atoms with Crippen molar-refractivity contribution < 1.29 is 14.7 Å². The highest BCUT2D eigenvalue weighted by Crippen LogP contribution is 2.31. The first-order valence-corrected chi connectivity index (χ1v) is 4.03. The first-order chi connectivity index (χ1) is 5.30. The van der Waals surface area contributed by atoms with E-state index in [4.69, 9.17) is 5.11 Å². The molecular weight excluding hydrogens is 156 g/mol. The average molecular weight is 172 g/mol. The van der Waals surface area contributed by atoms with Crippen LogP contribution in [0.2, 0.25) is 0 Å². The van der Waals surface area contributed by atoms with Crippen molar-refractivity contribution in [3.05, 3.63) is 0 Å². The van der Waals surface area contributed by atoms with Crippen LogP contribution < -0.4 is 0 Å². The molecule has 0 bridgehead atoms. The van der Waals surface area contributed by atoms with Crippen LogP contribution in [0.4, 0.5) is 0 Å². The molecule has 0 fully saturated rings. The largest absolute Gasteiger partial charge is 0.481 e. The second-order valence-electron chi connectivity index (χ2n) is 3.76. The van der Waals surface area contributed by atoms with Crippen LogP contribution in [0.25, 0.3) is 0 Å². The molecule has 0 amide bonds. The normalized spacial score (nSPS) is 15.8. The van der Waals surface area contributed by atoms with Crippen LogP contribution in [-0.2, 0) is 9.59 Å². The van der Waals surface area contributed by atoms with Gasteiger partial charge in [-0.15, -0.1) is 0 Å². The summed E-state index contributed by atoms with van der Waals surface area (Å²) in [5.74, 6) is -1.000. The first-order valence-electron chi connectivity index (χ1n) is 4.03. The Hall–Kier alpha value is -0.860. The molecule has 0 saturated heterocycles. The van der Waals surface area contributed by atoms with Crippen molar-refractivity contribution in [2.75, 3.05) is 0 Å². The molecule has 3 heteroatoms. The number of carbonyl (C=O) groups is 2. The Morgan fingerprint density at radius 2 is 1.83 bits per heavy atom. The van der Waals surface area contributed by atoms with E-state index >= 15 is 0 Å². The van der Waals surface area contributed by atoms with E-state index in [1.54, 1.807) is 6.92 Å². The SMILES string of the molecule is CC(=O)CC(C)(C(=O)O)C(C)C. The van der Waals surface area contributed by atoms with E-state index in [0.717, 1.165) is 0 Å². The van der Waals surface area contributed by atoms with E-state index in [0.29, 0.717) is 0 Å². The third-order valence-electron chi connectivity index (χ3n) is 2.38. The summed E-state index contributed by atoms with van der Waals surface area (Å²) in [5.41, 5.74) is -0.911. The number of hydrogen-bond acceptors (Lipinski definition) is 2. The van der Waals surface area contributed by atoms with Crippen LogP contribution in [0.3, 0.4) is 0 Å². The smallest absolute Gasteiger partial charge is 0.310 e. The minimum Gasteiger partial charge on any atom is -0.481 e. The molecule has 0 aromatic heterocycles. The molecule has 0 aliphatic rings. The van der Waals surface area contributed by atoms with Crippen LogP contribution >= 0.6 is 0 Å². The number of carboxylic acid groups (broad SMARTS) is 1. The van der Waals surface area contributed by atoms with Gasteiger partial charge < -0.3 is 5.11 Å². The Morgan fingerprint density at radius 1 is 1.42 bits per heavy atom. The van der Waals surface area contributed by atoms with Crippen LogP contribution in [0.15, 0.2) is 0 Å². The summed E-state index contributed by atoms with van der Waals surface area (Å²) in [4.78, 5) is 21.7. The van der Waals surface area contributed by atoms with Crippen LogP contribution in [-0.4, -0.2) is 16.9 Å². The summed E-state index contributed by atoms with van der Waals surface area (Å²) in [6.07, 6.45) is 0.111. The fourth-order valence-corrected chi connectivity index (χ4v) is 1.04. The Kier molecular flexibility index (Phi) is 3.43. The van der Waals surface area contributed by atoms with Crippen molar-refractivity contribution >= 4 is 11.8 Å². The van der Waals surface area contributed by atoms with Gasteiger partial charge in [-0.05, 0) is 19.8 Å². The Balaban J connectivity index is 4.62. The first kappa shape index (κ1) is 11.1. The minimum absolute atomic E-state index is 0.0288. The zero-order valence-corrected chi connectivity index (χ0v) is 8.05. The lowest BCUT2D eigenvalue weighted by Crippen LogP contribution is -2.34. The number of Topliss-reactive ketones (excluding diaryl/α,β-unsaturated/α-hetero) is 1. The highest BCUT2D eigenvalue weighted by Gasteiger charge is 2.37. The van der Waals surface area contributed by atoms with E-state index in [9.17, 15) is 9.59 Å². The molecular formula is C9H16O3. The molecule has 0 radical (unpaired) electrons. The molecule has 3 nitrogen and oxygen atoms in total. The lowest BCUT2D eigenvalue weighted by Gasteiger charge is -2.27. The lowest BCUT2D eigenvalue weighted by atomic mass is 9.75. The highest BCUT2D eigenvalue weighted by molar-refractivity contribution is 5.84. The Bertz CT molecular complexity index is 196. The van der Waals surface area contributed by atoms with Crippen molar-refractivity contribution in [3.8, 4) is 0 Å². The van der Waals surface area contributed by atoms with Crippen molar-refractivity contribution in [1.29, 1.82) is 0 Å². The van der Waals surface area contributed by atoms with Gasteiger partial charge in [-0.1, -0.05) is 13.8 Å². The lowest BCUT2D eigenvalue weighted by molar-refractivity contribution is -0.153. The van der Waals surface area contributed by atoms with Gasteiger partial charge in [0.15, 0.2) is 0 Å². The molecule has 0 aliphatic carbocycles. The summed E-state index contributed by atoms with van der Waals surface area (Å²) in [6, 6.07) is 0. The molecule has 0 saturated carbocycles. The van der Waals surface area contributed by atoms with Gasteiger partial charge in [-0.3, -0.25) is 9.59 Å². The van der Waals surface area contributed by atoms with E-state index < -0.39 is 11.4 Å². The second kappa shape index (κ2) is 3.70. The molecule has 0 heterocycles. The van der Waals surface area contributed by atoms with Crippen LogP contribution in [0.5, 0.6) is 0 Å². The van der Waals surface area contributed by atoms with Gasteiger partial charge in [0.05, 0.1) is 5.41 Å². The monoisotopic (exact) mass is 172 g/mol. The van der Waals surface area contributed by atoms with E-state index in [-0.39, 0.29) is 18.1 Å². The summed E-state index contributed by atoms with van der Waals surface area (Å²) in [7, 11) is 0. The van der Waals surface area contributed by atoms with Crippen molar-refractivity contribution in [1.82, 2.24) is 0 Å². The molecule has 1 N–H and O–H groups in total. The quantitative estimate of drug-likeness (QED) is 0.702. The maximum Gasteiger partial charge on any atom is 0.310 e. The van der Waals surface area contributed by atoms with Gasteiger partial charge in [0.1, 0.15) is 5.78 Å². The number of rotatable bonds is 4. The molecule has 1 atom stereocenters. The molecule has 70 valence electrons. The molecule has 0 spiro atoms. The fourth-order valence-electron chi connectivity index (χ4n) is 1.04. The molecule has 0 aromatic rings. The van der Waals surface area contributed by atoms with Crippen LogP contribution in [0.1, 0.15) is 34.1 Å². The summed E-state index contributed by atoms with van der Waals surface area (Å²) >= 11 is 0. The highest BCUT2D eigenvalue weighted by atomic mass is 16.4. The average Bonchev–Trinajstić information content (AvgIpc) is 1.84. The number of carbonyl (C=O) groups excluding carboxylic acids is 1. The van der Waals surface area contributed by atoms with Gasteiger partial charge in [0.2, 0.25) is 0 Å². The maximum atomic E-state index is 10.8. The molecule has 0 aromatic carbocycles.